The molecule has 1 aliphatic heterocycles. The fraction of sp³-hybridized carbons (Fsp3) is 0.727. The Balaban J connectivity index is 1.98. The summed E-state index contributed by atoms with van der Waals surface area (Å²) in [6.45, 7) is 2.13. The normalized spacial score (nSPS) is 28.3. The van der Waals surface area contributed by atoms with Gasteiger partial charge >= 0.3 is 12.1 Å². The molecule has 0 radical (unpaired) electrons. The number of carboxylic acids is 1. The molecule has 0 spiro atoms. The largest absolute Gasteiger partial charge is 0.508 e. The second kappa shape index (κ2) is 11.9. The van der Waals surface area contributed by atoms with Crippen LogP contribution in [0, 0.1) is 11.8 Å². The van der Waals surface area contributed by atoms with Crippen LogP contribution in [0.5, 0.6) is 0 Å². The highest BCUT2D eigenvalue weighted by molar-refractivity contribution is 5.66. The number of methoxy groups -OCH3 is 1. The van der Waals surface area contributed by atoms with Crippen LogP contribution in [0.15, 0.2) is 24.0 Å². The lowest BCUT2D eigenvalue weighted by atomic mass is 9.90. The summed E-state index contributed by atoms with van der Waals surface area (Å²) in [7, 11) is 1.29. The first kappa shape index (κ1) is 23.3. The van der Waals surface area contributed by atoms with Gasteiger partial charge in [-0.25, -0.2) is 4.79 Å². The van der Waals surface area contributed by atoms with Gasteiger partial charge in [-0.3, -0.25) is 4.79 Å². The molecule has 7 heteroatoms. The molecule has 0 aromatic rings. The molecule has 2 N–H and O–H groups in total. The summed E-state index contributed by atoms with van der Waals surface area (Å²) in [6.07, 6.45) is 10.7. The molecule has 1 saturated carbocycles. The quantitative estimate of drug-likeness (QED) is 0.299. The predicted molar refractivity (Wildman–Crippen MR) is 107 cm³/mol. The summed E-state index contributed by atoms with van der Waals surface area (Å²) in [4.78, 5) is 22.2. The Hall–Kier alpha value is -2.02. The fourth-order valence-corrected chi connectivity index (χ4v) is 4.13. The average molecular weight is 411 g/mol. The summed E-state index contributed by atoms with van der Waals surface area (Å²) < 4.78 is 16.1. The van der Waals surface area contributed by atoms with Crippen LogP contribution in [0.2, 0.25) is 0 Å². The van der Waals surface area contributed by atoms with Gasteiger partial charge in [0.05, 0.1) is 19.0 Å². The summed E-state index contributed by atoms with van der Waals surface area (Å²) in [5.74, 6) is 0.196. The lowest BCUT2D eigenvalue weighted by Crippen LogP contribution is -2.24. The molecule has 2 fully saturated rings. The summed E-state index contributed by atoms with van der Waals surface area (Å²) in [5, 5.41) is 19.0. The maximum Gasteiger partial charge on any atom is 0.508 e. The van der Waals surface area contributed by atoms with E-state index in [-0.39, 0.29) is 30.5 Å². The molecule has 7 nitrogen and oxygen atoms in total. The molecule has 1 saturated heterocycles. The molecule has 0 amide bonds. The number of unbranched alkanes of at least 4 members (excludes halogenated alkanes) is 3. The van der Waals surface area contributed by atoms with Crippen molar-refractivity contribution in [1.82, 2.24) is 0 Å². The number of carboxylic acid groups (broad SMARTS) is 1. The van der Waals surface area contributed by atoms with Crippen molar-refractivity contribution in [3.8, 4) is 0 Å². The van der Waals surface area contributed by atoms with E-state index < -0.39 is 18.2 Å². The van der Waals surface area contributed by atoms with Crippen LogP contribution in [0.25, 0.3) is 0 Å². The topological polar surface area (TPSA) is 102 Å². The second-order valence-electron chi connectivity index (χ2n) is 7.85. The minimum atomic E-state index is -0.793. The molecular formula is C22H34O7. The smallest absolute Gasteiger partial charge is 0.495 e. The van der Waals surface area contributed by atoms with Crippen LogP contribution in [0.1, 0.15) is 64.7 Å². The van der Waals surface area contributed by atoms with Crippen LogP contribution >= 0.6 is 0 Å². The van der Waals surface area contributed by atoms with Crippen molar-refractivity contribution in [3.05, 3.63) is 24.0 Å². The Labute approximate surface area is 172 Å². The Kier molecular flexibility index (Phi) is 9.51. The number of aliphatic hydroxyl groups excluding tert-OH is 1. The van der Waals surface area contributed by atoms with E-state index in [1.807, 2.05) is 18.2 Å². The zero-order chi connectivity index (χ0) is 21.2. The molecule has 29 heavy (non-hydrogen) atoms. The van der Waals surface area contributed by atoms with E-state index in [9.17, 15) is 14.7 Å². The standard InChI is InChI=1S/C22H34O7/c1-3-4-5-8-15(23)11-12-17-18-13-16(9-6-7-10-21(24)25)28-20(18)14-19(17)29-22(26)27-2/h9,11-12,15,17-20,23H,3-8,10,13-14H2,1-2H3,(H,24,25). The van der Waals surface area contributed by atoms with Crippen LogP contribution in [0.3, 0.4) is 0 Å². The van der Waals surface area contributed by atoms with Gasteiger partial charge in [0.15, 0.2) is 0 Å². The second-order valence-corrected chi connectivity index (χ2v) is 7.85. The number of ether oxygens (including phenoxy) is 3. The van der Waals surface area contributed by atoms with Gasteiger partial charge in [0.25, 0.3) is 0 Å². The number of aliphatic hydroxyl groups is 1. The fourth-order valence-electron chi connectivity index (χ4n) is 4.13. The maximum atomic E-state index is 11.6. The monoisotopic (exact) mass is 410 g/mol. The van der Waals surface area contributed by atoms with Crippen molar-refractivity contribution < 1.29 is 34.0 Å². The number of allylic oxidation sites excluding steroid dienone is 2. The number of carbonyl (C=O) groups is 2. The van der Waals surface area contributed by atoms with E-state index in [1.54, 1.807) is 0 Å². The molecular weight excluding hydrogens is 376 g/mol. The first-order chi connectivity index (χ1) is 13.9. The van der Waals surface area contributed by atoms with Crippen molar-refractivity contribution in [2.75, 3.05) is 7.11 Å². The third-order valence-corrected chi connectivity index (χ3v) is 5.65. The molecule has 0 bridgehead atoms. The highest BCUT2D eigenvalue weighted by Gasteiger charge is 2.49. The van der Waals surface area contributed by atoms with Crippen molar-refractivity contribution in [1.29, 1.82) is 0 Å². The molecule has 2 rings (SSSR count). The van der Waals surface area contributed by atoms with Crippen LogP contribution in [-0.2, 0) is 19.0 Å². The zero-order valence-corrected chi connectivity index (χ0v) is 17.4. The van der Waals surface area contributed by atoms with E-state index >= 15 is 0 Å². The van der Waals surface area contributed by atoms with E-state index in [0.29, 0.717) is 19.3 Å². The van der Waals surface area contributed by atoms with Crippen LogP contribution in [0.4, 0.5) is 4.79 Å². The van der Waals surface area contributed by atoms with E-state index in [0.717, 1.165) is 37.9 Å². The van der Waals surface area contributed by atoms with Crippen molar-refractivity contribution >= 4 is 12.1 Å². The molecule has 0 aromatic heterocycles. The SMILES string of the molecule is CCCCCC(O)C=CC1C(OC(=O)OC)CC2OC(=CCCCC(=O)O)CC21. The Morgan fingerprint density at radius 2 is 2.10 bits per heavy atom. The summed E-state index contributed by atoms with van der Waals surface area (Å²) in [5.41, 5.74) is 0. The van der Waals surface area contributed by atoms with Gasteiger partial charge < -0.3 is 24.4 Å². The lowest BCUT2D eigenvalue weighted by Gasteiger charge is -2.20. The van der Waals surface area contributed by atoms with Gasteiger partial charge in [0, 0.05) is 31.1 Å². The number of hydrogen-bond acceptors (Lipinski definition) is 6. The predicted octanol–water partition coefficient (Wildman–Crippen LogP) is 4.20. The molecule has 5 unspecified atom stereocenters. The number of fused-ring (bicyclic) bond motifs is 1. The molecule has 5 atom stereocenters. The zero-order valence-electron chi connectivity index (χ0n) is 17.4. The van der Waals surface area contributed by atoms with Crippen molar-refractivity contribution in [3.63, 3.8) is 0 Å². The Morgan fingerprint density at radius 1 is 1.31 bits per heavy atom. The van der Waals surface area contributed by atoms with Gasteiger partial charge in [0.1, 0.15) is 12.2 Å². The van der Waals surface area contributed by atoms with Gasteiger partial charge in [-0.1, -0.05) is 38.3 Å². The van der Waals surface area contributed by atoms with Crippen molar-refractivity contribution in [2.45, 2.75) is 83.0 Å². The molecule has 164 valence electrons. The minimum Gasteiger partial charge on any atom is -0.495 e. The maximum absolute atomic E-state index is 11.6. The number of rotatable bonds is 11. The van der Waals surface area contributed by atoms with Gasteiger partial charge in [-0.2, -0.15) is 0 Å². The highest BCUT2D eigenvalue weighted by atomic mass is 16.7. The van der Waals surface area contributed by atoms with E-state index in [2.05, 4.69) is 11.7 Å². The number of aliphatic carboxylic acids is 1. The number of hydrogen-bond donors (Lipinski definition) is 2. The van der Waals surface area contributed by atoms with E-state index in [1.165, 1.54) is 7.11 Å². The minimum absolute atomic E-state index is 0.0511. The van der Waals surface area contributed by atoms with Gasteiger partial charge in [-0.15, -0.1) is 0 Å². The van der Waals surface area contributed by atoms with Crippen LogP contribution in [-0.4, -0.2) is 47.8 Å². The molecule has 1 heterocycles. The van der Waals surface area contributed by atoms with Crippen molar-refractivity contribution in [2.24, 2.45) is 11.8 Å². The molecule has 0 aromatic carbocycles. The highest BCUT2D eigenvalue weighted by Crippen LogP contribution is 2.46. The van der Waals surface area contributed by atoms with E-state index in [4.69, 9.17) is 14.6 Å². The van der Waals surface area contributed by atoms with Gasteiger partial charge in [0.2, 0.25) is 0 Å². The first-order valence-electron chi connectivity index (χ1n) is 10.6. The molecule has 1 aliphatic carbocycles. The average Bonchev–Trinajstić information content (AvgIpc) is 3.20. The van der Waals surface area contributed by atoms with Gasteiger partial charge in [-0.05, 0) is 25.3 Å². The van der Waals surface area contributed by atoms with Crippen LogP contribution < -0.4 is 0 Å². The summed E-state index contributed by atoms with van der Waals surface area (Å²) >= 11 is 0. The summed E-state index contributed by atoms with van der Waals surface area (Å²) in [6, 6.07) is 0. The Bertz CT molecular complexity index is 598. The number of carbonyl (C=O) groups excluding carboxylic acids is 1. The first-order valence-corrected chi connectivity index (χ1v) is 10.6. The lowest BCUT2D eigenvalue weighted by molar-refractivity contribution is -0.137. The molecule has 2 aliphatic rings. The third kappa shape index (κ3) is 7.38. The third-order valence-electron chi connectivity index (χ3n) is 5.65. The Morgan fingerprint density at radius 3 is 2.79 bits per heavy atom.